The molecule has 0 amide bonds. The van der Waals surface area contributed by atoms with Gasteiger partial charge in [-0.15, -0.1) is 0 Å². The van der Waals surface area contributed by atoms with Crippen molar-refractivity contribution in [2.24, 2.45) is 0 Å². The van der Waals surface area contributed by atoms with E-state index in [4.69, 9.17) is 30.0 Å². The lowest BCUT2D eigenvalue weighted by Gasteiger charge is -2.17. The third kappa shape index (κ3) is 5.95. The van der Waals surface area contributed by atoms with E-state index < -0.39 is 7.32 Å². The first kappa shape index (κ1) is 23.9. The summed E-state index contributed by atoms with van der Waals surface area (Å²) in [7, 11) is -1.83. The molecule has 0 saturated heterocycles. The minimum Gasteiger partial charge on any atom is -0.511 e. The van der Waals surface area contributed by atoms with Crippen molar-refractivity contribution >= 4 is 39.6 Å². The molecule has 0 heterocycles. The van der Waals surface area contributed by atoms with Crippen LogP contribution in [0.3, 0.4) is 0 Å². The molecule has 0 atom stereocenters. The Bertz CT molecular complexity index is 1140. The summed E-state index contributed by atoms with van der Waals surface area (Å²) in [6.45, 7) is 1.75. The van der Waals surface area contributed by atoms with E-state index in [1.54, 1.807) is 11.0 Å². The summed E-state index contributed by atoms with van der Waals surface area (Å²) in [6.07, 6.45) is 0. The molecule has 0 aliphatic heterocycles. The van der Waals surface area contributed by atoms with E-state index in [9.17, 15) is 0 Å². The van der Waals surface area contributed by atoms with E-state index in [1.807, 2.05) is 30.3 Å². The molecule has 4 aromatic carbocycles. The summed E-state index contributed by atoms with van der Waals surface area (Å²) in [5.74, 6) is 0.466. The highest BCUT2D eigenvalue weighted by Gasteiger charge is 2.15. The Labute approximate surface area is 186 Å². The van der Waals surface area contributed by atoms with E-state index in [0.717, 1.165) is 26.9 Å². The van der Waals surface area contributed by atoms with Crippen molar-refractivity contribution < 1.29 is 30.0 Å². The van der Waals surface area contributed by atoms with Gasteiger partial charge >= 0.3 is 7.32 Å². The standard InChI is InChI=1S/C18H13BO3.C6H15NO3/c20-19(21)22-17-7-3-6-12-8-9-15-10-13-4-1-2-5-14(13)11-16(15)18(12)17;8-4-1-7(2-5-9)3-6-10/h1-11,20-21H;8-10H,1-6H2. The Balaban J connectivity index is 0.000000247. The van der Waals surface area contributed by atoms with E-state index in [0.29, 0.717) is 25.4 Å². The molecular formula is C24H28BNO6. The lowest BCUT2D eigenvalue weighted by molar-refractivity contribution is 0.136. The van der Waals surface area contributed by atoms with Gasteiger partial charge in [-0.05, 0) is 45.1 Å². The number of fused-ring (bicyclic) bond motifs is 4. The van der Waals surface area contributed by atoms with Gasteiger partial charge in [0.1, 0.15) is 5.75 Å². The van der Waals surface area contributed by atoms with Crippen LogP contribution in [0.15, 0.2) is 66.7 Å². The van der Waals surface area contributed by atoms with E-state index in [1.165, 1.54) is 5.39 Å². The number of hydrogen-bond acceptors (Lipinski definition) is 7. The van der Waals surface area contributed by atoms with Crippen LogP contribution in [0.4, 0.5) is 0 Å². The summed E-state index contributed by atoms with van der Waals surface area (Å²) in [4.78, 5) is 1.79. The second-order valence-electron chi connectivity index (χ2n) is 7.30. The van der Waals surface area contributed by atoms with Crippen LogP contribution in [-0.4, -0.2) is 77.0 Å². The second kappa shape index (κ2) is 11.8. The molecule has 0 fully saturated rings. The van der Waals surface area contributed by atoms with Crippen LogP contribution < -0.4 is 4.65 Å². The van der Waals surface area contributed by atoms with Gasteiger partial charge in [0.15, 0.2) is 0 Å². The molecule has 0 spiro atoms. The third-order valence-electron chi connectivity index (χ3n) is 5.17. The van der Waals surface area contributed by atoms with E-state index >= 15 is 0 Å². The molecule has 4 aromatic rings. The molecule has 7 nitrogen and oxygen atoms in total. The summed E-state index contributed by atoms with van der Waals surface area (Å²) in [6, 6.07) is 22.1. The Hall–Kier alpha value is -2.72. The lowest BCUT2D eigenvalue weighted by Crippen LogP contribution is -2.32. The molecule has 8 heteroatoms. The van der Waals surface area contributed by atoms with Gasteiger partial charge in [0.05, 0.1) is 19.8 Å². The molecule has 0 aliphatic carbocycles. The van der Waals surface area contributed by atoms with E-state index in [2.05, 4.69) is 30.3 Å². The largest absolute Gasteiger partial charge is 0.707 e. The Morgan fingerprint density at radius 2 is 1.22 bits per heavy atom. The van der Waals surface area contributed by atoms with Crippen LogP contribution in [0.2, 0.25) is 0 Å². The number of aliphatic hydroxyl groups excluding tert-OH is 3. The predicted octanol–water partition coefficient (Wildman–Crippen LogP) is 1.76. The molecule has 32 heavy (non-hydrogen) atoms. The number of hydrogen-bond donors (Lipinski definition) is 5. The molecule has 168 valence electrons. The maximum Gasteiger partial charge on any atom is 0.707 e. The zero-order valence-electron chi connectivity index (χ0n) is 17.8. The van der Waals surface area contributed by atoms with Gasteiger partial charge in [-0.2, -0.15) is 0 Å². The highest BCUT2D eigenvalue weighted by atomic mass is 16.6. The molecule has 0 saturated carbocycles. The number of rotatable bonds is 8. The van der Waals surface area contributed by atoms with Crippen LogP contribution in [0.25, 0.3) is 32.3 Å². The average molecular weight is 437 g/mol. The second-order valence-corrected chi connectivity index (χ2v) is 7.30. The van der Waals surface area contributed by atoms with Crippen LogP contribution in [-0.2, 0) is 0 Å². The van der Waals surface area contributed by atoms with Gasteiger partial charge in [0.25, 0.3) is 0 Å². The van der Waals surface area contributed by atoms with Gasteiger partial charge in [-0.1, -0.05) is 48.5 Å². The van der Waals surface area contributed by atoms with Crippen LogP contribution >= 0.6 is 0 Å². The molecule has 0 unspecified atom stereocenters. The smallest absolute Gasteiger partial charge is 0.511 e. The van der Waals surface area contributed by atoms with Gasteiger partial charge in [0.2, 0.25) is 0 Å². The van der Waals surface area contributed by atoms with Crippen molar-refractivity contribution in [3.8, 4) is 5.75 Å². The van der Waals surface area contributed by atoms with Crippen molar-refractivity contribution in [3.63, 3.8) is 0 Å². The average Bonchev–Trinajstić information content (AvgIpc) is 2.78. The molecule has 0 radical (unpaired) electrons. The zero-order valence-corrected chi connectivity index (χ0v) is 17.8. The van der Waals surface area contributed by atoms with Crippen molar-refractivity contribution in [2.45, 2.75) is 0 Å². The van der Waals surface area contributed by atoms with Crippen LogP contribution in [0, 0.1) is 0 Å². The molecule has 0 aliphatic rings. The predicted molar refractivity (Wildman–Crippen MR) is 127 cm³/mol. The number of aliphatic hydroxyl groups is 3. The Morgan fingerprint density at radius 3 is 1.81 bits per heavy atom. The van der Waals surface area contributed by atoms with Crippen LogP contribution in [0.5, 0.6) is 5.75 Å². The Morgan fingerprint density at radius 1 is 0.656 bits per heavy atom. The zero-order chi connectivity index (χ0) is 22.9. The summed E-state index contributed by atoms with van der Waals surface area (Å²) in [5.41, 5.74) is 0. The first-order valence-electron chi connectivity index (χ1n) is 10.5. The van der Waals surface area contributed by atoms with Gasteiger partial charge < -0.3 is 30.0 Å². The maximum atomic E-state index is 9.14. The van der Waals surface area contributed by atoms with Crippen LogP contribution in [0.1, 0.15) is 0 Å². The molecule has 0 aromatic heterocycles. The minimum atomic E-state index is -1.83. The third-order valence-corrected chi connectivity index (χ3v) is 5.17. The fourth-order valence-electron chi connectivity index (χ4n) is 3.74. The fraction of sp³-hybridized carbons (Fsp3) is 0.250. The minimum absolute atomic E-state index is 0.0694. The first-order chi connectivity index (χ1) is 15.6. The topological polar surface area (TPSA) is 114 Å². The van der Waals surface area contributed by atoms with Gasteiger partial charge in [-0.3, -0.25) is 4.90 Å². The normalized spacial score (nSPS) is 11.1. The summed E-state index contributed by atoms with van der Waals surface area (Å²) < 4.78 is 5.16. The summed E-state index contributed by atoms with van der Waals surface area (Å²) in [5, 5.41) is 50.1. The number of nitrogens with zero attached hydrogens (tertiary/aromatic N) is 1. The highest BCUT2D eigenvalue weighted by molar-refractivity contribution is 6.34. The Kier molecular flexibility index (Phi) is 8.81. The van der Waals surface area contributed by atoms with E-state index in [-0.39, 0.29) is 19.8 Å². The quantitative estimate of drug-likeness (QED) is 0.162. The monoisotopic (exact) mass is 437 g/mol. The maximum absolute atomic E-state index is 9.14. The lowest BCUT2D eigenvalue weighted by atomic mass is 9.97. The molecular weight excluding hydrogens is 409 g/mol. The van der Waals surface area contributed by atoms with Crippen molar-refractivity contribution in [1.29, 1.82) is 0 Å². The van der Waals surface area contributed by atoms with Gasteiger partial charge in [0, 0.05) is 25.0 Å². The van der Waals surface area contributed by atoms with Crippen molar-refractivity contribution in [2.75, 3.05) is 39.5 Å². The van der Waals surface area contributed by atoms with Crippen molar-refractivity contribution in [1.82, 2.24) is 4.90 Å². The highest BCUT2D eigenvalue weighted by Crippen LogP contribution is 2.35. The molecule has 4 rings (SSSR count). The number of benzene rings is 4. The summed E-state index contributed by atoms with van der Waals surface area (Å²) >= 11 is 0. The molecule has 0 bridgehead atoms. The first-order valence-corrected chi connectivity index (χ1v) is 10.5. The SMILES string of the molecule is OB(O)Oc1cccc2ccc3cc4ccccc4cc3c12.OCCN(CCO)CCO. The molecule has 5 N–H and O–H groups in total. The fourth-order valence-corrected chi connectivity index (χ4v) is 3.74. The van der Waals surface area contributed by atoms with Gasteiger partial charge in [-0.25, -0.2) is 0 Å². The van der Waals surface area contributed by atoms with Crippen molar-refractivity contribution in [3.05, 3.63) is 66.7 Å².